The molecule has 2 heterocycles. The number of methoxy groups -OCH3 is 1. The maximum atomic E-state index is 12.9. The van der Waals surface area contributed by atoms with Gasteiger partial charge in [-0.2, -0.15) is 8.42 Å². The van der Waals surface area contributed by atoms with Gasteiger partial charge in [0.05, 0.1) is 18.6 Å². The number of carbonyl (C=O) groups excluding carboxylic acids is 3. The van der Waals surface area contributed by atoms with Gasteiger partial charge in [-0.25, -0.2) is 4.79 Å². The highest BCUT2D eigenvalue weighted by Crippen LogP contribution is 2.32. The first kappa shape index (κ1) is 19.9. The number of benzene rings is 2. The average molecular weight is 431 g/mol. The molecular weight excluding hydrogens is 414 g/mol. The predicted octanol–water partition coefficient (Wildman–Crippen LogP) is 0.633. The van der Waals surface area contributed by atoms with Crippen molar-refractivity contribution < 1.29 is 32.1 Å². The van der Waals surface area contributed by atoms with Crippen molar-refractivity contribution in [3.63, 3.8) is 0 Å². The second-order valence-corrected chi connectivity index (χ2v) is 8.42. The molecule has 4 amide bonds. The second-order valence-electron chi connectivity index (χ2n) is 7.00. The van der Waals surface area contributed by atoms with Crippen LogP contribution in [0.2, 0.25) is 0 Å². The third kappa shape index (κ3) is 3.17. The summed E-state index contributed by atoms with van der Waals surface area (Å²) in [5.74, 6) is -0.480. The number of nitrogens with zero attached hydrogens (tertiary/aromatic N) is 1. The topological polar surface area (TPSA) is 142 Å². The van der Waals surface area contributed by atoms with Crippen molar-refractivity contribution in [1.82, 2.24) is 15.5 Å². The zero-order chi connectivity index (χ0) is 21.7. The summed E-state index contributed by atoms with van der Waals surface area (Å²) in [6.45, 7) is 0.0534. The summed E-state index contributed by atoms with van der Waals surface area (Å²) >= 11 is 0. The van der Waals surface area contributed by atoms with Crippen LogP contribution in [0.4, 0.5) is 4.79 Å². The number of carbonyl (C=O) groups is 3. The van der Waals surface area contributed by atoms with E-state index in [1.54, 1.807) is 18.2 Å². The van der Waals surface area contributed by atoms with Crippen LogP contribution in [0.25, 0.3) is 0 Å². The van der Waals surface area contributed by atoms with E-state index < -0.39 is 27.6 Å². The van der Waals surface area contributed by atoms with Gasteiger partial charge in [-0.3, -0.25) is 19.5 Å². The third-order valence-corrected chi connectivity index (χ3v) is 6.08. The Morgan fingerprint density at radius 1 is 1.13 bits per heavy atom. The summed E-state index contributed by atoms with van der Waals surface area (Å²) in [4.78, 5) is 38.6. The van der Waals surface area contributed by atoms with E-state index >= 15 is 0 Å². The minimum absolute atomic E-state index is 0.175. The van der Waals surface area contributed by atoms with Crippen LogP contribution in [0, 0.1) is 0 Å². The molecule has 2 aromatic rings. The molecule has 1 fully saturated rings. The van der Waals surface area contributed by atoms with Gasteiger partial charge >= 0.3 is 6.03 Å². The lowest BCUT2D eigenvalue weighted by atomic mass is 9.89. The van der Waals surface area contributed by atoms with Crippen LogP contribution in [-0.2, 0) is 27.0 Å². The normalized spacial score (nSPS) is 20.7. The van der Waals surface area contributed by atoms with Crippen molar-refractivity contribution in [3.8, 4) is 5.75 Å². The molecule has 0 saturated carbocycles. The molecule has 156 valence electrons. The van der Waals surface area contributed by atoms with Gasteiger partial charge in [0, 0.05) is 12.1 Å². The number of ether oxygens (including phenoxy) is 1. The fourth-order valence-corrected chi connectivity index (χ4v) is 4.17. The molecule has 30 heavy (non-hydrogen) atoms. The molecule has 11 heteroatoms. The Morgan fingerprint density at radius 3 is 2.40 bits per heavy atom. The molecule has 1 atom stereocenters. The van der Waals surface area contributed by atoms with Crippen LogP contribution in [0.3, 0.4) is 0 Å². The summed E-state index contributed by atoms with van der Waals surface area (Å²) in [5, 5.41) is 4.72. The number of hydrogen-bond acceptors (Lipinski definition) is 6. The molecule has 0 unspecified atom stereocenters. The van der Waals surface area contributed by atoms with Crippen molar-refractivity contribution in [2.45, 2.75) is 17.0 Å². The zero-order valence-corrected chi connectivity index (χ0v) is 16.5. The van der Waals surface area contributed by atoms with E-state index in [0.29, 0.717) is 11.3 Å². The number of nitrogens with one attached hydrogen (secondary N) is 2. The standard InChI is InChI=1S/C19H17N3O7S/c1-29-13-5-2-11-9-22(16(23)15(11)8-13)10-19(17(24)20-18(25)21-19)12-3-6-14(7-4-12)30(26,27)28/h2-8H,9-10H2,1H3,(H,26,27,28)(H2,20,21,24,25)/t19-/m0/s1. The Labute approximate surface area is 171 Å². The Kier molecular flexibility index (Phi) is 4.51. The average Bonchev–Trinajstić information content (AvgIpc) is 3.17. The minimum atomic E-state index is -4.43. The summed E-state index contributed by atoms with van der Waals surface area (Å²) in [5.41, 5.74) is -0.158. The van der Waals surface area contributed by atoms with Crippen LogP contribution >= 0.6 is 0 Å². The molecule has 2 aromatic carbocycles. The highest BCUT2D eigenvalue weighted by molar-refractivity contribution is 7.85. The number of hydrogen-bond donors (Lipinski definition) is 3. The van der Waals surface area contributed by atoms with E-state index in [2.05, 4.69) is 10.6 Å². The van der Waals surface area contributed by atoms with Crippen LogP contribution in [0.1, 0.15) is 21.5 Å². The maximum absolute atomic E-state index is 12.9. The molecule has 1 saturated heterocycles. The fraction of sp³-hybridized carbons (Fsp3) is 0.211. The first-order valence-corrected chi connectivity index (χ1v) is 10.3. The fourth-order valence-electron chi connectivity index (χ4n) is 3.69. The van der Waals surface area contributed by atoms with E-state index in [1.165, 1.54) is 24.1 Å². The number of urea groups is 1. The molecule has 2 aliphatic heterocycles. The highest BCUT2D eigenvalue weighted by Gasteiger charge is 2.50. The first-order chi connectivity index (χ1) is 14.1. The Hall–Kier alpha value is -3.44. The summed E-state index contributed by atoms with van der Waals surface area (Å²) in [7, 11) is -2.94. The van der Waals surface area contributed by atoms with E-state index in [0.717, 1.165) is 17.7 Å². The van der Waals surface area contributed by atoms with Gasteiger partial charge in [0.25, 0.3) is 21.9 Å². The molecule has 0 aromatic heterocycles. The van der Waals surface area contributed by atoms with E-state index in [1.807, 2.05) is 0 Å². The first-order valence-electron chi connectivity index (χ1n) is 8.82. The van der Waals surface area contributed by atoms with Crippen LogP contribution in [-0.4, -0.2) is 49.4 Å². The number of fused-ring (bicyclic) bond motifs is 1. The Bertz CT molecular complexity index is 1180. The molecule has 0 aliphatic carbocycles. The molecular formula is C19H17N3O7S. The highest BCUT2D eigenvalue weighted by atomic mass is 32.2. The lowest BCUT2D eigenvalue weighted by Crippen LogP contribution is -2.52. The van der Waals surface area contributed by atoms with Crippen LogP contribution in [0.15, 0.2) is 47.4 Å². The summed E-state index contributed by atoms with van der Waals surface area (Å²) < 4.78 is 36.9. The van der Waals surface area contributed by atoms with E-state index in [-0.39, 0.29) is 29.5 Å². The Balaban J connectivity index is 1.70. The minimum Gasteiger partial charge on any atom is -0.497 e. The maximum Gasteiger partial charge on any atom is 0.322 e. The van der Waals surface area contributed by atoms with Gasteiger partial charge in [0.2, 0.25) is 0 Å². The number of rotatable bonds is 5. The van der Waals surface area contributed by atoms with Crippen molar-refractivity contribution in [2.24, 2.45) is 0 Å². The smallest absolute Gasteiger partial charge is 0.322 e. The van der Waals surface area contributed by atoms with Gasteiger partial charge < -0.3 is 15.0 Å². The second kappa shape index (κ2) is 6.82. The van der Waals surface area contributed by atoms with Crippen molar-refractivity contribution in [2.75, 3.05) is 13.7 Å². The van der Waals surface area contributed by atoms with Gasteiger partial charge in [-0.05, 0) is 35.4 Å². The third-order valence-electron chi connectivity index (χ3n) is 5.21. The predicted molar refractivity (Wildman–Crippen MR) is 102 cm³/mol. The summed E-state index contributed by atoms with van der Waals surface area (Å²) in [6, 6.07) is 9.22. The molecule has 10 nitrogen and oxygen atoms in total. The van der Waals surface area contributed by atoms with Crippen molar-refractivity contribution >= 4 is 28.0 Å². The lowest BCUT2D eigenvalue weighted by Gasteiger charge is -2.31. The molecule has 0 spiro atoms. The van der Waals surface area contributed by atoms with Crippen LogP contribution in [0.5, 0.6) is 5.75 Å². The summed E-state index contributed by atoms with van der Waals surface area (Å²) in [6.07, 6.45) is 0. The van der Waals surface area contributed by atoms with Gasteiger partial charge in [0.1, 0.15) is 5.75 Å². The number of amides is 4. The van der Waals surface area contributed by atoms with E-state index in [9.17, 15) is 27.4 Å². The van der Waals surface area contributed by atoms with Gasteiger partial charge in [-0.1, -0.05) is 18.2 Å². The van der Waals surface area contributed by atoms with Gasteiger partial charge in [0.15, 0.2) is 5.54 Å². The quantitative estimate of drug-likeness (QED) is 0.466. The molecule has 0 bridgehead atoms. The van der Waals surface area contributed by atoms with E-state index in [4.69, 9.17) is 4.74 Å². The Morgan fingerprint density at radius 2 is 1.83 bits per heavy atom. The zero-order valence-electron chi connectivity index (χ0n) is 15.7. The SMILES string of the molecule is COc1ccc2c(c1)C(=O)N(C[C@@]1(c3ccc(S(=O)(=O)O)cc3)NC(=O)NC1=O)C2. The monoisotopic (exact) mass is 431 g/mol. The van der Waals surface area contributed by atoms with Crippen molar-refractivity contribution in [1.29, 1.82) is 0 Å². The lowest BCUT2D eigenvalue weighted by molar-refractivity contribution is -0.124. The number of imide groups is 1. The molecule has 0 radical (unpaired) electrons. The molecule has 3 N–H and O–H groups in total. The van der Waals surface area contributed by atoms with Crippen LogP contribution < -0.4 is 15.4 Å². The van der Waals surface area contributed by atoms with Crippen molar-refractivity contribution in [3.05, 3.63) is 59.2 Å². The largest absolute Gasteiger partial charge is 0.497 e. The molecule has 2 aliphatic rings. The molecule has 4 rings (SSSR count). The van der Waals surface area contributed by atoms with Gasteiger partial charge in [-0.15, -0.1) is 0 Å².